The topological polar surface area (TPSA) is 106 Å². The van der Waals surface area contributed by atoms with Gasteiger partial charge in [0.15, 0.2) is 0 Å². The number of carboxylic acid groups (broad SMARTS) is 1. The van der Waals surface area contributed by atoms with Gasteiger partial charge in [0.2, 0.25) is 5.43 Å². The van der Waals surface area contributed by atoms with Gasteiger partial charge in [-0.1, -0.05) is 31.9 Å². The van der Waals surface area contributed by atoms with E-state index in [-0.39, 0.29) is 16.8 Å². The molecule has 5 rings (SSSR count). The number of aryl methyl sites for hydroxylation is 2. The summed E-state index contributed by atoms with van der Waals surface area (Å²) in [6, 6.07) is 10.8. The number of hydrogen-bond donors (Lipinski definition) is 2. The van der Waals surface area contributed by atoms with E-state index in [1.807, 2.05) is 42.8 Å². The van der Waals surface area contributed by atoms with Gasteiger partial charge in [0.1, 0.15) is 28.5 Å². The first kappa shape index (κ1) is 21.2. The molecule has 0 aliphatic heterocycles. The summed E-state index contributed by atoms with van der Waals surface area (Å²) >= 11 is 0. The number of rotatable bonds is 4. The number of benzene rings is 2. The highest BCUT2D eigenvalue weighted by molar-refractivity contribution is 5.87. The molecule has 0 spiro atoms. The van der Waals surface area contributed by atoms with Crippen molar-refractivity contribution >= 4 is 28.0 Å². The van der Waals surface area contributed by atoms with Crippen LogP contribution in [0.15, 0.2) is 45.6 Å². The summed E-state index contributed by atoms with van der Waals surface area (Å²) < 4.78 is 8.16. The van der Waals surface area contributed by atoms with Gasteiger partial charge in [-0.3, -0.25) is 9.59 Å². The van der Waals surface area contributed by atoms with E-state index in [0.29, 0.717) is 47.4 Å². The molecule has 2 aromatic heterocycles. The number of carboxylic acids is 1. The second-order valence-corrected chi connectivity index (χ2v) is 8.82. The van der Waals surface area contributed by atoms with E-state index in [2.05, 4.69) is 0 Å². The Morgan fingerprint density at radius 2 is 1.97 bits per heavy atom. The highest BCUT2D eigenvalue weighted by Gasteiger charge is 2.37. The van der Waals surface area contributed by atoms with Gasteiger partial charge in [-0.15, -0.1) is 0 Å². The van der Waals surface area contributed by atoms with Crippen LogP contribution in [0.3, 0.4) is 0 Å². The number of nitrogens with zero attached hydrogens (tertiary/aromatic N) is 2. The second kappa shape index (κ2) is 8.06. The lowest BCUT2D eigenvalue weighted by Gasteiger charge is -2.29. The molecule has 4 aromatic rings. The number of imidazole rings is 1. The Kier molecular flexibility index (Phi) is 5.19. The molecule has 33 heavy (non-hydrogen) atoms. The van der Waals surface area contributed by atoms with E-state index in [4.69, 9.17) is 9.40 Å². The number of aromatic hydroxyl groups is 1. The molecule has 2 atom stereocenters. The smallest absolute Gasteiger partial charge is 0.307 e. The van der Waals surface area contributed by atoms with Gasteiger partial charge in [-0.25, -0.2) is 4.98 Å². The highest BCUT2D eigenvalue weighted by Crippen LogP contribution is 2.42. The number of fused-ring (bicyclic) bond motifs is 2. The third-order valence-electron chi connectivity index (χ3n) is 6.93. The molecule has 1 aliphatic carbocycles. The highest BCUT2D eigenvalue weighted by atomic mass is 16.4. The van der Waals surface area contributed by atoms with Crippen molar-refractivity contribution in [3.8, 4) is 17.1 Å². The maximum Gasteiger partial charge on any atom is 0.307 e. The van der Waals surface area contributed by atoms with Gasteiger partial charge in [0.05, 0.1) is 22.3 Å². The third-order valence-corrected chi connectivity index (χ3v) is 6.93. The van der Waals surface area contributed by atoms with Crippen LogP contribution in [-0.4, -0.2) is 25.7 Å². The zero-order chi connectivity index (χ0) is 23.3. The summed E-state index contributed by atoms with van der Waals surface area (Å²) in [6.45, 7) is 1.91. The van der Waals surface area contributed by atoms with Crippen molar-refractivity contribution in [2.45, 2.75) is 44.9 Å². The molecule has 2 heterocycles. The molecule has 1 aliphatic rings. The fourth-order valence-corrected chi connectivity index (χ4v) is 5.16. The lowest BCUT2D eigenvalue weighted by molar-refractivity contribution is -0.143. The summed E-state index contributed by atoms with van der Waals surface area (Å²) in [7, 11) is 1.85. The van der Waals surface area contributed by atoms with Crippen LogP contribution in [0.4, 0.5) is 0 Å². The Labute approximate surface area is 190 Å². The van der Waals surface area contributed by atoms with E-state index in [1.165, 1.54) is 6.07 Å². The van der Waals surface area contributed by atoms with Crippen molar-refractivity contribution in [3.05, 3.63) is 57.9 Å². The largest absolute Gasteiger partial charge is 0.508 e. The van der Waals surface area contributed by atoms with Gasteiger partial charge in [0.25, 0.3) is 0 Å². The van der Waals surface area contributed by atoms with Crippen LogP contribution in [-0.2, 0) is 18.3 Å². The van der Waals surface area contributed by atoms with E-state index in [0.717, 1.165) is 23.9 Å². The number of carbonyl (C=O) groups is 1. The molecule has 7 nitrogen and oxygen atoms in total. The van der Waals surface area contributed by atoms with Gasteiger partial charge < -0.3 is 19.2 Å². The summed E-state index contributed by atoms with van der Waals surface area (Å²) in [6.07, 6.45) is 3.39. The van der Waals surface area contributed by atoms with Crippen molar-refractivity contribution < 1.29 is 19.4 Å². The molecule has 0 radical (unpaired) electrons. The van der Waals surface area contributed by atoms with Crippen LogP contribution in [0.1, 0.15) is 49.8 Å². The maximum absolute atomic E-state index is 13.9. The molecule has 2 unspecified atom stereocenters. The van der Waals surface area contributed by atoms with Crippen LogP contribution < -0.4 is 5.43 Å². The van der Waals surface area contributed by atoms with Gasteiger partial charge in [-0.05, 0) is 43.0 Å². The summed E-state index contributed by atoms with van der Waals surface area (Å²) in [5, 5.41) is 20.7. The number of para-hydroxylation sites is 2. The van der Waals surface area contributed by atoms with Crippen LogP contribution >= 0.6 is 0 Å². The van der Waals surface area contributed by atoms with Crippen LogP contribution in [0, 0.1) is 5.92 Å². The summed E-state index contributed by atoms with van der Waals surface area (Å²) in [5.41, 5.74) is 2.60. The number of phenolic OH excluding ortho intramolecular Hbond substituents is 1. The minimum atomic E-state index is -0.887. The SMILES string of the molecule is CCc1cc2c(=O)c(-c3nc4ccccc4n3C)c(C3CCCCC3C(=O)O)oc2cc1O. The second-order valence-electron chi connectivity index (χ2n) is 8.82. The maximum atomic E-state index is 13.9. The van der Waals surface area contributed by atoms with Crippen molar-refractivity contribution in [2.75, 3.05) is 0 Å². The minimum Gasteiger partial charge on any atom is -0.508 e. The predicted molar refractivity (Wildman–Crippen MR) is 126 cm³/mol. The Balaban J connectivity index is 1.87. The molecule has 7 heteroatoms. The fraction of sp³-hybridized carbons (Fsp3) is 0.346. The monoisotopic (exact) mass is 446 g/mol. The molecular weight excluding hydrogens is 420 g/mol. The molecule has 0 saturated heterocycles. The van der Waals surface area contributed by atoms with E-state index < -0.39 is 17.8 Å². The van der Waals surface area contributed by atoms with Crippen LogP contribution in [0.25, 0.3) is 33.4 Å². The third kappa shape index (κ3) is 3.39. The average Bonchev–Trinajstić information content (AvgIpc) is 3.14. The van der Waals surface area contributed by atoms with E-state index in [9.17, 15) is 19.8 Å². The van der Waals surface area contributed by atoms with Crippen LogP contribution in [0.5, 0.6) is 5.75 Å². The molecule has 2 aromatic carbocycles. The molecule has 2 N–H and O–H groups in total. The summed E-state index contributed by atoms with van der Waals surface area (Å²) in [5.74, 6) is -1.10. The lowest BCUT2D eigenvalue weighted by Crippen LogP contribution is -2.27. The lowest BCUT2D eigenvalue weighted by atomic mass is 9.76. The molecule has 170 valence electrons. The average molecular weight is 447 g/mol. The molecule has 0 bridgehead atoms. The molecule has 0 amide bonds. The quantitative estimate of drug-likeness (QED) is 0.458. The Bertz CT molecular complexity index is 1450. The van der Waals surface area contributed by atoms with E-state index in [1.54, 1.807) is 6.07 Å². The minimum absolute atomic E-state index is 0.0630. The van der Waals surface area contributed by atoms with Gasteiger partial charge in [-0.2, -0.15) is 0 Å². The fourth-order valence-electron chi connectivity index (χ4n) is 5.16. The van der Waals surface area contributed by atoms with Crippen molar-refractivity contribution in [2.24, 2.45) is 13.0 Å². The molecule has 1 fully saturated rings. The number of phenols is 1. The van der Waals surface area contributed by atoms with Gasteiger partial charge >= 0.3 is 5.97 Å². The van der Waals surface area contributed by atoms with Crippen molar-refractivity contribution in [1.82, 2.24) is 9.55 Å². The van der Waals surface area contributed by atoms with Crippen LogP contribution in [0.2, 0.25) is 0 Å². The normalized spacial score (nSPS) is 18.7. The zero-order valence-electron chi connectivity index (χ0n) is 18.7. The number of aliphatic carboxylic acids is 1. The van der Waals surface area contributed by atoms with Crippen molar-refractivity contribution in [1.29, 1.82) is 0 Å². The molecular formula is C26H26N2O5. The first-order valence-corrected chi connectivity index (χ1v) is 11.4. The Morgan fingerprint density at radius 1 is 1.21 bits per heavy atom. The standard InChI is InChI=1S/C26H26N2O5/c1-3-14-12-17-21(13-20(14)29)33-24(15-8-4-5-9-16(15)26(31)32)22(23(17)30)25-27-18-10-6-7-11-19(18)28(25)2/h6-7,10-13,15-16,29H,3-5,8-9H2,1-2H3,(H,31,32). The van der Waals surface area contributed by atoms with E-state index >= 15 is 0 Å². The van der Waals surface area contributed by atoms with Crippen molar-refractivity contribution in [3.63, 3.8) is 0 Å². The number of aromatic nitrogens is 2. The molecule has 1 saturated carbocycles. The Morgan fingerprint density at radius 3 is 2.70 bits per heavy atom. The first-order chi connectivity index (χ1) is 15.9. The Hall–Kier alpha value is -3.61. The first-order valence-electron chi connectivity index (χ1n) is 11.4. The summed E-state index contributed by atoms with van der Waals surface area (Å²) in [4.78, 5) is 30.8. The predicted octanol–water partition coefficient (Wildman–Crippen LogP) is 4.97. The zero-order valence-corrected chi connectivity index (χ0v) is 18.7. The van der Waals surface area contributed by atoms with Gasteiger partial charge in [0, 0.05) is 19.0 Å². The number of hydrogen-bond acceptors (Lipinski definition) is 5.